The van der Waals surface area contributed by atoms with Gasteiger partial charge in [-0.15, -0.1) is 0 Å². The number of aryl methyl sites for hydroxylation is 1. The Balaban J connectivity index is 1.90. The second-order valence-corrected chi connectivity index (χ2v) is 8.24. The van der Waals surface area contributed by atoms with E-state index in [1.165, 1.54) is 50.8 Å². The number of hydrogen-bond acceptors (Lipinski definition) is 3. The van der Waals surface area contributed by atoms with Crippen LogP contribution in [0, 0.1) is 28.9 Å². The van der Waals surface area contributed by atoms with Gasteiger partial charge in [0.05, 0.1) is 10.6 Å². The highest BCUT2D eigenvalue weighted by atomic mass is 16.6. The molecular formula is C22H33N3O2. The van der Waals surface area contributed by atoms with Crippen LogP contribution in [0.25, 0.3) is 0 Å². The molecule has 1 saturated heterocycles. The van der Waals surface area contributed by atoms with E-state index in [4.69, 9.17) is 4.99 Å². The summed E-state index contributed by atoms with van der Waals surface area (Å²) in [6, 6.07) is 5.65. The lowest BCUT2D eigenvalue weighted by atomic mass is 9.77. The van der Waals surface area contributed by atoms with Crippen LogP contribution in [0.5, 0.6) is 0 Å². The van der Waals surface area contributed by atoms with Crippen molar-refractivity contribution in [1.29, 1.82) is 0 Å². The highest BCUT2D eigenvalue weighted by Gasteiger charge is 2.36. The molecule has 1 aromatic carbocycles. The highest BCUT2D eigenvalue weighted by molar-refractivity contribution is 5.86. The normalized spacial score (nSPS) is 24.3. The number of fused-ring (bicyclic) bond motifs is 1. The average Bonchev–Trinajstić information content (AvgIpc) is 2.68. The van der Waals surface area contributed by atoms with Crippen LogP contribution in [0.4, 0.5) is 11.4 Å². The first kappa shape index (κ1) is 19.8. The van der Waals surface area contributed by atoms with E-state index < -0.39 is 0 Å². The number of nitrogens with zero attached hydrogens (tertiary/aromatic N) is 3. The lowest BCUT2D eigenvalue weighted by Gasteiger charge is -2.47. The SMILES string of the molecule is CCC(CC)CN1C(=Nc2ccc([N+](=O)[O-])cc2C)CCC2CCCCC21. The first-order valence-electron chi connectivity index (χ1n) is 10.6. The highest BCUT2D eigenvalue weighted by Crippen LogP contribution is 2.38. The zero-order valence-electron chi connectivity index (χ0n) is 17.0. The zero-order chi connectivity index (χ0) is 19.4. The third-order valence-corrected chi connectivity index (χ3v) is 6.59. The number of non-ortho nitro benzene ring substituents is 1. The zero-order valence-corrected chi connectivity index (χ0v) is 17.0. The Morgan fingerprint density at radius 1 is 1.22 bits per heavy atom. The summed E-state index contributed by atoms with van der Waals surface area (Å²) >= 11 is 0. The van der Waals surface area contributed by atoms with E-state index in [-0.39, 0.29) is 10.6 Å². The number of hydrogen-bond donors (Lipinski definition) is 0. The standard InChI is InChI=1S/C22H33N3O2/c1-4-17(5-2)15-24-21-9-7-6-8-18(21)10-13-22(24)23-20-12-11-19(25(26)27)14-16(20)3/h11-12,14,17-18,21H,4-10,13,15H2,1-3H3. The maximum atomic E-state index is 11.0. The third-order valence-electron chi connectivity index (χ3n) is 6.59. The Kier molecular flexibility index (Phi) is 6.51. The van der Waals surface area contributed by atoms with Gasteiger partial charge in [0.1, 0.15) is 5.84 Å². The molecule has 148 valence electrons. The first-order chi connectivity index (χ1) is 13.0. The minimum Gasteiger partial charge on any atom is -0.357 e. The van der Waals surface area contributed by atoms with Crippen molar-refractivity contribution in [3.63, 3.8) is 0 Å². The van der Waals surface area contributed by atoms with Crippen LogP contribution >= 0.6 is 0 Å². The van der Waals surface area contributed by atoms with Gasteiger partial charge in [-0.3, -0.25) is 10.1 Å². The molecule has 1 saturated carbocycles. The maximum absolute atomic E-state index is 11.0. The number of amidine groups is 1. The summed E-state index contributed by atoms with van der Waals surface area (Å²) in [4.78, 5) is 18.3. The van der Waals surface area contributed by atoms with E-state index in [0.717, 1.165) is 30.1 Å². The van der Waals surface area contributed by atoms with Crippen molar-refractivity contribution in [2.75, 3.05) is 6.54 Å². The van der Waals surface area contributed by atoms with E-state index in [1.54, 1.807) is 12.1 Å². The second kappa shape index (κ2) is 8.85. The van der Waals surface area contributed by atoms with Crippen molar-refractivity contribution in [2.24, 2.45) is 16.8 Å². The molecule has 0 radical (unpaired) electrons. The van der Waals surface area contributed by atoms with Crippen molar-refractivity contribution < 1.29 is 4.92 Å². The fourth-order valence-corrected chi connectivity index (χ4v) is 4.79. The van der Waals surface area contributed by atoms with Crippen LogP contribution in [0.1, 0.15) is 70.8 Å². The molecule has 0 aromatic heterocycles. The Morgan fingerprint density at radius 3 is 2.63 bits per heavy atom. The Labute approximate surface area is 163 Å². The van der Waals surface area contributed by atoms with Crippen molar-refractivity contribution in [1.82, 2.24) is 4.90 Å². The van der Waals surface area contributed by atoms with Crippen LogP contribution in [0.3, 0.4) is 0 Å². The van der Waals surface area contributed by atoms with Crippen LogP contribution in [0.15, 0.2) is 23.2 Å². The molecule has 0 N–H and O–H groups in total. The molecule has 2 atom stereocenters. The van der Waals surface area contributed by atoms with E-state index >= 15 is 0 Å². The molecule has 0 amide bonds. The number of aliphatic imine (C=N–C) groups is 1. The minimum absolute atomic E-state index is 0.140. The summed E-state index contributed by atoms with van der Waals surface area (Å²) in [5, 5.41) is 11.0. The molecule has 5 heteroatoms. The minimum atomic E-state index is -0.337. The molecule has 0 bridgehead atoms. The molecule has 27 heavy (non-hydrogen) atoms. The number of nitro groups is 1. The summed E-state index contributed by atoms with van der Waals surface area (Å²) < 4.78 is 0. The summed E-state index contributed by atoms with van der Waals surface area (Å²) in [6.45, 7) is 7.59. The number of piperidine rings is 1. The number of rotatable bonds is 6. The topological polar surface area (TPSA) is 58.7 Å². The van der Waals surface area contributed by atoms with Crippen LogP contribution in [-0.4, -0.2) is 28.2 Å². The Bertz CT molecular complexity index is 697. The lowest BCUT2D eigenvalue weighted by Crippen LogP contribution is -2.51. The van der Waals surface area contributed by atoms with Gasteiger partial charge in [-0.1, -0.05) is 39.5 Å². The summed E-state index contributed by atoms with van der Waals surface area (Å²) in [6.07, 6.45) is 9.99. The first-order valence-corrected chi connectivity index (χ1v) is 10.6. The van der Waals surface area contributed by atoms with Gasteiger partial charge in [0.15, 0.2) is 0 Å². The van der Waals surface area contributed by atoms with E-state index in [9.17, 15) is 10.1 Å². The summed E-state index contributed by atoms with van der Waals surface area (Å²) in [7, 11) is 0. The molecule has 1 aromatic rings. The molecule has 3 rings (SSSR count). The fraction of sp³-hybridized carbons (Fsp3) is 0.682. The monoisotopic (exact) mass is 371 g/mol. The predicted octanol–water partition coefficient (Wildman–Crippen LogP) is 6.02. The lowest BCUT2D eigenvalue weighted by molar-refractivity contribution is -0.384. The molecule has 2 fully saturated rings. The quantitative estimate of drug-likeness (QED) is 0.453. The molecule has 5 nitrogen and oxygen atoms in total. The van der Waals surface area contributed by atoms with Gasteiger partial charge in [-0.05, 0) is 49.7 Å². The van der Waals surface area contributed by atoms with Crippen molar-refractivity contribution in [3.05, 3.63) is 33.9 Å². The van der Waals surface area contributed by atoms with Crippen LogP contribution in [0.2, 0.25) is 0 Å². The molecule has 0 spiro atoms. The van der Waals surface area contributed by atoms with Gasteiger partial charge < -0.3 is 4.90 Å². The third kappa shape index (κ3) is 4.50. The summed E-state index contributed by atoms with van der Waals surface area (Å²) in [5.41, 5.74) is 1.89. The molecule has 2 aliphatic rings. The largest absolute Gasteiger partial charge is 0.357 e. The van der Waals surface area contributed by atoms with Gasteiger partial charge >= 0.3 is 0 Å². The van der Waals surface area contributed by atoms with E-state index in [1.807, 2.05) is 13.0 Å². The predicted molar refractivity (Wildman–Crippen MR) is 111 cm³/mol. The van der Waals surface area contributed by atoms with E-state index in [2.05, 4.69) is 18.7 Å². The van der Waals surface area contributed by atoms with Crippen molar-refractivity contribution in [2.45, 2.75) is 78.2 Å². The Hall–Kier alpha value is -1.91. The number of likely N-dealkylation sites (tertiary alicyclic amines) is 1. The number of benzene rings is 1. The summed E-state index contributed by atoms with van der Waals surface area (Å²) in [5.74, 6) is 2.71. The van der Waals surface area contributed by atoms with Gasteiger partial charge in [0.2, 0.25) is 0 Å². The average molecular weight is 372 g/mol. The smallest absolute Gasteiger partial charge is 0.269 e. The van der Waals surface area contributed by atoms with Gasteiger partial charge in [-0.2, -0.15) is 0 Å². The Morgan fingerprint density at radius 2 is 1.96 bits per heavy atom. The molecule has 2 unspecified atom stereocenters. The molecule has 1 heterocycles. The second-order valence-electron chi connectivity index (χ2n) is 8.24. The van der Waals surface area contributed by atoms with Gasteiger partial charge in [0.25, 0.3) is 5.69 Å². The van der Waals surface area contributed by atoms with Crippen LogP contribution in [-0.2, 0) is 0 Å². The van der Waals surface area contributed by atoms with E-state index in [0.29, 0.717) is 12.0 Å². The molecule has 1 aliphatic carbocycles. The van der Waals surface area contributed by atoms with Crippen LogP contribution < -0.4 is 0 Å². The van der Waals surface area contributed by atoms with Gasteiger partial charge in [-0.25, -0.2) is 4.99 Å². The van der Waals surface area contributed by atoms with Gasteiger partial charge in [0, 0.05) is 31.1 Å². The molecule has 1 aliphatic heterocycles. The molecular weight excluding hydrogens is 338 g/mol. The van der Waals surface area contributed by atoms with Crippen molar-refractivity contribution in [3.8, 4) is 0 Å². The number of nitro benzene ring substituents is 1. The van der Waals surface area contributed by atoms with Crippen molar-refractivity contribution >= 4 is 17.2 Å². The maximum Gasteiger partial charge on any atom is 0.269 e. The fourth-order valence-electron chi connectivity index (χ4n) is 4.79.